The standard InChI is InChI=1S/C20H30O3/c1-19-8-6-16-18(15(19)4-3-12(19)11-21)17(23)10-13-9-14(22)5-7-20(13,16)2/h10-12,14-18,22-23H,3-9H2,1-2H3. The molecule has 0 radical (unpaired) electrons. The van der Waals surface area contributed by atoms with Crippen LogP contribution in [0.4, 0.5) is 0 Å². The summed E-state index contributed by atoms with van der Waals surface area (Å²) in [6.07, 6.45) is 9.56. The lowest BCUT2D eigenvalue weighted by Gasteiger charge is -2.58. The molecule has 4 aliphatic carbocycles. The summed E-state index contributed by atoms with van der Waals surface area (Å²) in [5.41, 5.74) is 1.52. The summed E-state index contributed by atoms with van der Waals surface area (Å²) in [7, 11) is 0. The van der Waals surface area contributed by atoms with E-state index in [2.05, 4.69) is 19.9 Å². The molecular weight excluding hydrogens is 288 g/mol. The van der Waals surface area contributed by atoms with Gasteiger partial charge in [0, 0.05) is 5.92 Å². The third-order valence-corrected chi connectivity index (χ3v) is 8.34. The molecule has 0 amide bonds. The van der Waals surface area contributed by atoms with Crippen molar-refractivity contribution in [3.8, 4) is 0 Å². The lowest BCUT2D eigenvalue weighted by atomic mass is 9.47. The number of fused-ring (bicyclic) bond motifs is 5. The molecule has 0 spiro atoms. The molecule has 3 saturated carbocycles. The molecule has 3 heteroatoms. The number of carbonyl (C=O) groups excluding carboxylic acids is 1. The van der Waals surface area contributed by atoms with Crippen LogP contribution >= 0.6 is 0 Å². The molecule has 0 aromatic heterocycles. The average Bonchev–Trinajstić information content (AvgIpc) is 2.85. The predicted molar refractivity (Wildman–Crippen MR) is 88.7 cm³/mol. The van der Waals surface area contributed by atoms with Crippen LogP contribution in [-0.4, -0.2) is 28.7 Å². The van der Waals surface area contributed by atoms with Crippen LogP contribution in [-0.2, 0) is 4.79 Å². The third kappa shape index (κ3) is 2.05. The lowest BCUT2D eigenvalue weighted by Crippen LogP contribution is -2.54. The van der Waals surface area contributed by atoms with Crippen LogP contribution in [0.15, 0.2) is 11.6 Å². The molecule has 0 aromatic rings. The second-order valence-corrected chi connectivity index (χ2v) is 9.15. The van der Waals surface area contributed by atoms with Gasteiger partial charge in [-0.25, -0.2) is 0 Å². The molecule has 23 heavy (non-hydrogen) atoms. The zero-order valence-electron chi connectivity index (χ0n) is 14.4. The number of aldehydes is 1. The van der Waals surface area contributed by atoms with E-state index in [-0.39, 0.29) is 22.9 Å². The normalized spacial score (nSPS) is 55.4. The molecule has 2 N–H and O–H groups in total. The number of rotatable bonds is 1. The van der Waals surface area contributed by atoms with Gasteiger partial charge < -0.3 is 15.0 Å². The fraction of sp³-hybridized carbons (Fsp3) is 0.850. The van der Waals surface area contributed by atoms with Gasteiger partial charge in [0.2, 0.25) is 0 Å². The Hall–Kier alpha value is -0.670. The van der Waals surface area contributed by atoms with Crippen LogP contribution in [0.1, 0.15) is 58.8 Å². The van der Waals surface area contributed by atoms with Crippen LogP contribution in [0, 0.1) is 34.5 Å². The highest BCUT2D eigenvalue weighted by molar-refractivity contribution is 5.56. The van der Waals surface area contributed by atoms with Crippen molar-refractivity contribution in [3.63, 3.8) is 0 Å². The first-order chi connectivity index (χ1) is 10.9. The topological polar surface area (TPSA) is 57.5 Å². The molecule has 8 atom stereocenters. The Balaban J connectivity index is 1.72. The van der Waals surface area contributed by atoms with E-state index in [9.17, 15) is 15.0 Å². The predicted octanol–water partition coefficient (Wildman–Crippen LogP) is 3.10. The van der Waals surface area contributed by atoms with Crippen molar-refractivity contribution in [2.24, 2.45) is 34.5 Å². The summed E-state index contributed by atoms with van der Waals surface area (Å²) >= 11 is 0. The SMILES string of the molecule is CC12CCC(O)CC1=CC(O)C1C2CCC2(C)C(C=O)CCC12. The largest absolute Gasteiger partial charge is 0.393 e. The highest BCUT2D eigenvalue weighted by Crippen LogP contribution is 2.65. The zero-order valence-corrected chi connectivity index (χ0v) is 14.4. The summed E-state index contributed by atoms with van der Waals surface area (Å²) in [6, 6.07) is 0. The molecule has 3 fully saturated rings. The average molecular weight is 318 g/mol. The van der Waals surface area contributed by atoms with E-state index in [1.54, 1.807) is 0 Å². The molecule has 4 rings (SSSR count). The fourth-order valence-corrected chi connectivity index (χ4v) is 6.89. The molecule has 0 aromatic carbocycles. The second kappa shape index (κ2) is 5.16. The van der Waals surface area contributed by atoms with Gasteiger partial charge in [0.05, 0.1) is 12.2 Å². The maximum absolute atomic E-state index is 11.5. The van der Waals surface area contributed by atoms with E-state index in [1.165, 1.54) is 11.9 Å². The van der Waals surface area contributed by atoms with Crippen molar-refractivity contribution in [2.45, 2.75) is 71.0 Å². The van der Waals surface area contributed by atoms with Gasteiger partial charge in [-0.1, -0.05) is 25.5 Å². The molecule has 3 nitrogen and oxygen atoms in total. The van der Waals surface area contributed by atoms with Gasteiger partial charge in [-0.05, 0) is 73.5 Å². The van der Waals surface area contributed by atoms with Gasteiger partial charge in [-0.3, -0.25) is 0 Å². The maximum Gasteiger partial charge on any atom is 0.123 e. The molecule has 0 saturated heterocycles. The van der Waals surface area contributed by atoms with Crippen LogP contribution in [0.5, 0.6) is 0 Å². The molecule has 128 valence electrons. The fourth-order valence-electron chi connectivity index (χ4n) is 6.89. The van der Waals surface area contributed by atoms with Crippen molar-refractivity contribution in [3.05, 3.63) is 11.6 Å². The number of hydrogen-bond donors (Lipinski definition) is 2. The Labute approximate surface area is 139 Å². The number of hydrogen-bond acceptors (Lipinski definition) is 3. The van der Waals surface area contributed by atoms with Crippen LogP contribution < -0.4 is 0 Å². The van der Waals surface area contributed by atoms with Gasteiger partial charge >= 0.3 is 0 Å². The molecule has 8 unspecified atom stereocenters. The van der Waals surface area contributed by atoms with Gasteiger partial charge in [0.15, 0.2) is 0 Å². The summed E-state index contributed by atoms with van der Waals surface area (Å²) < 4.78 is 0. The van der Waals surface area contributed by atoms with Gasteiger partial charge in [0.1, 0.15) is 6.29 Å². The second-order valence-electron chi connectivity index (χ2n) is 9.15. The smallest absolute Gasteiger partial charge is 0.123 e. The van der Waals surface area contributed by atoms with E-state index in [1.807, 2.05) is 0 Å². The first-order valence-corrected chi connectivity index (χ1v) is 9.43. The summed E-state index contributed by atoms with van der Waals surface area (Å²) in [6.45, 7) is 4.65. The molecule has 0 heterocycles. The van der Waals surface area contributed by atoms with E-state index in [0.717, 1.165) is 44.9 Å². The Kier molecular flexibility index (Phi) is 3.55. The molecule has 0 aliphatic heterocycles. The minimum Gasteiger partial charge on any atom is -0.393 e. The summed E-state index contributed by atoms with van der Waals surface area (Å²) in [5.74, 6) is 1.44. The van der Waals surface area contributed by atoms with Crippen LogP contribution in [0.2, 0.25) is 0 Å². The van der Waals surface area contributed by atoms with Crippen molar-refractivity contribution >= 4 is 6.29 Å². The van der Waals surface area contributed by atoms with E-state index in [4.69, 9.17) is 0 Å². The van der Waals surface area contributed by atoms with E-state index < -0.39 is 6.10 Å². The van der Waals surface area contributed by atoms with Crippen LogP contribution in [0.3, 0.4) is 0 Å². The Morgan fingerprint density at radius 2 is 1.87 bits per heavy atom. The Morgan fingerprint density at radius 3 is 2.61 bits per heavy atom. The Morgan fingerprint density at radius 1 is 1.09 bits per heavy atom. The quantitative estimate of drug-likeness (QED) is 0.577. The van der Waals surface area contributed by atoms with E-state index in [0.29, 0.717) is 17.8 Å². The van der Waals surface area contributed by atoms with Crippen LogP contribution in [0.25, 0.3) is 0 Å². The third-order valence-electron chi connectivity index (χ3n) is 8.34. The highest BCUT2D eigenvalue weighted by atomic mass is 16.3. The van der Waals surface area contributed by atoms with E-state index >= 15 is 0 Å². The van der Waals surface area contributed by atoms with Gasteiger partial charge in [-0.15, -0.1) is 0 Å². The number of carbonyl (C=O) groups is 1. The Bertz CT molecular complexity index is 541. The minimum atomic E-state index is -0.400. The lowest BCUT2D eigenvalue weighted by molar-refractivity contribution is -0.121. The monoisotopic (exact) mass is 318 g/mol. The van der Waals surface area contributed by atoms with Gasteiger partial charge in [0.25, 0.3) is 0 Å². The van der Waals surface area contributed by atoms with Crippen molar-refractivity contribution in [1.29, 1.82) is 0 Å². The highest BCUT2D eigenvalue weighted by Gasteiger charge is 2.60. The summed E-state index contributed by atoms with van der Waals surface area (Å²) in [5, 5.41) is 21.0. The van der Waals surface area contributed by atoms with Crippen molar-refractivity contribution < 1.29 is 15.0 Å². The van der Waals surface area contributed by atoms with Crippen molar-refractivity contribution in [2.75, 3.05) is 0 Å². The first kappa shape index (κ1) is 15.8. The number of aliphatic hydroxyl groups excluding tert-OH is 2. The first-order valence-electron chi connectivity index (χ1n) is 9.43. The maximum atomic E-state index is 11.5. The minimum absolute atomic E-state index is 0.0831. The molecule has 0 bridgehead atoms. The molecular formula is C20H30O3. The van der Waals surface area contributed by atoms with Crippen molar-refractivity contribution in [1.82, 2.24) is 0 Å². The zero-order chi connectivity index (χ0) is 16.4. The number of aliphatic hydroxyl groups is 2. The molecule has 4 aliphatic rings. The summed E-state index contributed by atoms with van der Waals surface area (Å²) in [4.78, 5) is 11.5. The van der Waals surface area contributed by atoms with Gasteiger partial charge in [-0.2, -0.15) is 0 Å².